The van der Waals surface area contributed by atoms with Gasteiger partial charge in [-0.15, -0.1) is 5.10 Å². The second-order valence-corrected chi connectivity index (χ2v) is 5.74. The van der Waals surface area contributed by atoms with E-state index in [1.807, 2.05) is 30.0 Å². The number of hydrogen-bond donors (Lipinski definition) is 0. The average molecular weight is 316 g/mol. The Morgan fingerprint density at radius 1 is 1.22 bits per heavy atom. The van der Waals surface area contributed by atoms with Gasteiger partial charge in [0, 0.05) is 46.3 Å². The molecule has 0 aliphatic carbocycles. The van der Waals surface area contributed by atoms with Gasteiger partial charge in [-0.3, -0.25) is 4.79 Å². The number of amides is 1. The van der Waals surface area contributed by atoms with Crippen LogP contribution in [0.1, 0.15) is 16.1 Å². The number of piperazine rings is 1. The van der Waals surface area contributed by atoms with Crippen molar-refractivity contribution >= 4 is 17.4 Å². The third-order valence-electron chi connectivity index (χ3n) is 4.02. The fourth-order valence-electron chi connectivity index (χ4n) is 2.56. The third kappa shape index (κ3) is 3.10. The number of anilines is 2. The second kappa shape index (κ2) is 6.23. The summed E-state index contributed by atoms with van der Waals surface area (Å²) in [5.41, 5.74) is 1.54. The molecule has 0 atom stereocenters. The first-order valence-corrected chi connectivity index (χ1v) is 7.52. The molecule has 3 heterocycles. The van der Waals surface area contributed by atoms with Crippen molar-refractivity contribution < 1.29 is 9.32 Å². The number of nitrogens with zero attached hydrogens (tertiary/aromatic N) is 6. The Bertz CT molecular complexity index is 691. The predicted octanol–water partition coefficient (Wildman–Crippen LogP) is 0.801. The summed E-state index contributed by atoms with van der Waals surface area (Å²) in [5.74, 6) is 1.36. The van der Waals surface area contributed by atoms with E-state index in [9.17, 15) is 4.79 Å². The molecule has 0 bridgehead atoms. The van der Waals surface area contributed by atoms with Crippen LogP contribution >= 0.6 is 0 Å². The molecule has 3 rings (SSSR count). The summed E-state index contributed by atoms with van der Waals surface area (Å²) in [6.45, 7) is 4.47. The lowest BCUT2D eigenvalue weighted by Crippen LogP contribution is -2.49. The van der Waals surface area contributed by atoms with Gasteiger partial charge in [0.25, 0.3) is 5.91 Å². The first-order valence-electron chi connectivity index (χ1n) is 7.52. The maximum Gasteiger partial charge on any atom is 0.259 e. The Morgan fingerprint density at radius 3 is 2.57 bits per heavy atom. The van der Waals surface area contributed by atoms with Crippen LogP contribution in [0.25, 0.3) is 0 Å². The molecule has 0 spiro atoms. The van der Waals surface area contributed by atoms with Crippen LogP contribution < -0.4 is 9.80 Å². The summed E-state index contributed by atoms with van der Waals surface area (Å²) in [6, 6.07) is 2.01. The molecule has 8 nitrogen and oxygen atoms in total. The van der Waals surface area contributed by atoms with Crippen molar-refractivity contribution in [2.45, 2.75) is 6.92 Å². The fourth-order valence-corrected chi connectivity index (χ4v) is 2.56. The highest BCUT2D eigenvalue weighted by molar-refractivity contribution is 5.94. The van der Waals surface area contributed by atoms with Crippen molar-refractivity contribution in [3.8, 4) is 0 Å². The highest BCUT2D eigenvalue weighted by atomic mass is 16.5. The summed E-state index contributed by atoms with van der Waals surface area (Å²) >= 11 is 0. The Hall–Kier alpha value is -2.64. The van der Waals surface area contributed by atoms with Gasteiger partial charge < -0.3 is 19.2 Å². The predicted molar refractivity (Wildman–Crippen MR) is 85.7 cm³/mol. The molecule has 0 radical (unpaired) electrons. The molecule has 122 valence electrons. The summed E-state index contributed by atoms with van der Waals surface area (Å²) in [7, 11) is 3.94. The van der Waals surface area contributed by atoms with E-state index >= 15 is 0 Å². The van der Waals surface area contributed by atoms with E-state index in [-0.39, 0.29) is 5.91 Å². The maximum atomic E-state index is 12.4. The molecule has 2 aromatic heterocycles. The van der Waals surface area contributed by atoms with Crippen LogP contribution in [0.3, 0.4) is 0 Å². The molecule has 0 aromatic carbocycles. The maximum absolute atomic E-state index is 12.4. The zero-order valence-electron chi connectivity index (χ0n) is 13.6. The highest BCUT2D eigenvalue weighted by Gasteiger charge is 2.25. The van der Waals surface area contributed by atoms with Crippen molar-refractivity contribution in [2.75, 3.05) is 50.1 Å². The minimum Gasteiger partial charge on any atom is -0.376 e. The topological polar surface area (TPSA) is 78.6 Å². The summed E-state index contributed by atoms with van der Waals surface area (Å²) < 4.78 is 4.97. The molecule has 1 saturated heterocycles. The van der Waals surface area contributed by atoms with Gasteiger partial charge in [0.1, 0.15) is 11.3 Å². The van der Waals surface area contributed by atoms with Crippen LogP contribution in [0.4, 0.5) is 11.5 Å². The quantitative estimate of drug-likeness (QED) is 0.828. The SMILES string of the molecule is Cc1oncc1C(=O)N1CCN(c2cc(N(C)C)cnn2)CC1. The van der Waals surface area contributed by atoms with Gasteiger partial charge in [0.05, 0.1) is 18.1 Å². The smallest absolute Gasteiger partial charge is 0.259 e. The van der Waals surface area contributed by atoms with E-state index in [1.165, 1.54) is 6.20 Å². The molecule has 0 N–H and O–H groups in total. The molecule has 0 unspecified atom stereocenters. The van der Waals surface area contributed by atoms with Gasteiger partial charge in [0.15, 0.2) is 5.82 Å². The Balaban J connectivity index is 1.66. The highest BCUT2D eigenvalue weighted by Crippen LogP contribution is 2.19. The molecule has 23 heavy (non-hydrogen) atoms. The first kappa shape index (κ1) is 15.3. The number of carbonyl (C=O) groups excluding carboxylic acids is 1. The lowest BCUT2D eigenvalue weighted by molar-refractivity contribution is 0.0744. The van der Waals surface area contributed by atoms with Crippen LogP contribution in [-0.2, 0) is 0 Å². The summed E-state index contributed by atoms with van der Waals surface area (Å²) in [6.07, 6.45) is 3.22. The molecule has 1 amide bonds. The van der Waals surface area contributed by atoms with Crippen molar-refractivity contribution in [2.24, 2.45) is 0 Å². The van der Waals surface area contributed by atoms with E-state index in [0.717, 1.165) is 24.6 Å². The molecular weight excluding hydrogens is 296 g/mol. The van der Waals surface area contributed by atoms with E-state index in [4.69, 9.17) is 4.52 Å². The van der Waals surface area contributed by atoms with Crippen LogP contribution in [0, 0.1) is 6.92 Å². The van der Waals surface area contributed by atoms with E-state index in [2.05, 4.69) is 20.3 Å². The van der Waals surface area contributed by atoms with E-state index in [0.29, 0.717) is 24.4 Å². The van der Waals surface area contributed by atoms with Gasteiger partial charge in [0.2, 0.25) is 0 Å². The Kier molecular flexibility index (Phi) is 4.14. The van der Waals surface area contributed by atoms with Gasteiger partial charge in [-0.2, -0.15) is 5.10 Å². The van der Waals surface area contributed by atoms with Crippen molar-refractivity contribution in [3.63, 3.8) is 0 Å². The normalized spacial score (nSPS) is 14.9. The molecule has 1 aliphatic heterocycles. The van der Waals surface area contributed by atoms with E-state index in [1.54, 1.807) is 13.1 Å². The Morgan fingerprint density at radius 2 is 1.96 bits per heavy atom. The zero-order chi connectivity index (χ0) is 16.4. The molecule has 1 aliphatic rings. The van der Waals surface area contributed by atoms with Crippen LogP contribution in [0.2, 0.25) is 0 Å². The lowest BCUT2D eigenvalue weighted by atomic mass is 10.2. The average Bonchev–Trinajstić information content (AvgIpc) is 3.00. The van der Waals surface area contributed by atoms with Crippen molar-refractivity contribution in [1.82, 2.24) is 20.3 Å². The summed E-state index contributed by atoms with van der Waals surface area (Å²) in [4.78, 5) is 18.4. The number of aromatic nitrogens is 3. The molecular formula is C15H20N6O2. The summed E-state index contributed by atoms with van der Waals surface area (Å²) in [5, 5.41) is 11.9. The number of hydrogen-bond acceptors (Lipinski definition) is 7. The monoisotopic (exact) mass is 316 g/mol. The standard InChI is InChI=1S/C15H20N6O2/c1-11-13(10-17-23-11)15(22)21-6-4-20(5-7-21)14-8-12(19(2)3)9-16-18-14/h8-10H,4-7H2,1-3H3. The first-order chi connectivity index (χ1) is 11.1. The molecule has 2 aromatic rings. The molecule has 8 heteroatoms. The molecule has 0 saturated carbocycles. The Labute approximate surface area is 134 Å². The largest absolute Gasteiger partial charge is 0.376 e. The van der Waals surface area contributed by atoms with Crippen molar-refractivity contribution in [3.05, 3.63) is 29.8 Å². The second-order valence-electron chi connectivity index (χ2n) is 5.74. The van der Waals surface area contributed by atoms with Crippen LogP contribution in [0.15, 0.2) is 23.0 Å². The zero-order valence-corrected chi connectivity index (χ0v) is 13.6. The van der Waals surface area contributed by atoms with Gasteiger partial charge in [-0.05, 0) is 6.92 Å². The number of aryl methyl sites for hydroxylation is 1. The van der Waals surface area contributed by atoms with Gasteiger partial charge in [-0.1, -0.05) is 5.16 Å². The van der Waals surface area contributed by atoms with Gasteiger partial charge >= 0.3 is 0 Å². The number of rotatable bonds is 3. The van der Waals surface area contributed by atoms with Crippen LogP contribution in [0.5, 0.6) is 0 Å². The minimum absolute atomic E-state index is 0.0310. The van der Waals surface area contributed by atoms with Crippen molar-refractivity contribution in [1.29, 1.82) is 0 Å². The van der Waals surface area contributed by atoms with Gasteiger partial charge in [-0.25, -0.2) is 0 Å². The van der Waals surface area contributed by atoms with E-state index < -0.39 is 0 Å². The minimum atomic E-state index is -0.0310. The third-order valence-corrected chi connectivity index (χ3v) is 4.02. The fraction of sp³-hybridized carbons (Fsp3) is 0.467. The lowest BCUT2D eigenvalue weighted by Gasteiger charge is -2.35. The van der Waals surface area contributed by atoms with Crippen LogP contribution in [-0.4, -0.2) is 66.4 Å². The molecule has 1 fully saturated rings. The number of carbonyl (C=O) groups is 1.